The van der Waals surface area contributed by atoms with Crippen LogP contribution in [-0.4, -0.2) is 11.0 Å². The number of anilines is 3. The molecule has 3 nitrogen and oxygen atoms in total. The quantitative estimate of drug-likeness (QED) is 0.858. The Morgan fingerprint density at radius 2 is 2.00 bits per heavy atom. The van der Waals surface area contributed by atoms with Crippen LogP contribution in [0.2, 0.25) is 0 Å². The number of nitrogens with two attached hydrogens (primary N) is 1. The van der Waals surface area contributed by atoms with E-state index >= 15 is 0 Å². The van der Waals surface area contributed by atoms with Crippen molar-refractivity contribution in [1.82, 2.24) is 4.98 Å². The monoisotopic (exact) mass is 261 g/mol. The lowest BCUT2D eigenvalue weighted by molar-refractivity contribution is 0.572. The van der Waals surface area contributed by atoms with Crippen LogP contribution in [0, 0.1) is 11.6 Å². The lowest BCUT2D eigenvalue weighted by Gasteiger charge is -2.24. The van der Waals surface area contributed by atoms with Gasteiger partial charge in [-0.05, 0) is 25.0 Å². The number of hydrogen-bond donors (Lipinski definition) is 1. The maximum atomic E-state index is 13.9. The number of nitrogen functional groups attached to an aromatic ring is 1. The van der Waals surface area contributed by atoms with Gasteiger partial charge in [-0.25, -0.2) is 13.8 Å². The minimum atomic E-state index is -0.832. The maximum absolute atomic E-state index is 13.9. The van der Waals surface area contributed by atoms with Gasteiger partial charge in [0.1, 0.15) is 0 Å². The molecule has 98 valence electrons. The molecule has 0 aliphatic carbocycles. The second kappa shape index (κ2) is 4.19. The fourth-order valence-corrected chi connectivity index (χ4v) is 2.53. The molecule has 0 saturated carbocycles. The summed E-state index contributed by atoms with van der Waals surface area (Å²) in [5.41, 5.74) is 7.46. The summed E-state index contributed by atoms with van der Waals surface area (Å²) in [7, 11) is 0. The van der Waals surface area contributed by atoms with Crippen molar-refractivity contribution >= 4 is 17.3 Å². The summed E-state index contributed by atoms with van der Waals surface area (Å²) in [5, 5.41) is 0. The van der Waals surface area contributed by atoms with Crippen LogP contribution in [0.25, 0.3) is 0 Å². The van der Waals surface area contributed by atoms with Crippen LogP contribution in [0.15, 0.2) is 30.3 Å². The first-order chi connectivity index (χ1) is 9.08. The van der Waals surface area contributed by atoms with E-state index in [4.69, 9.17) is 5.73 Å². The summed E-state index contributed by atoms with van der Waals surface area (Å²) < 4.78 is 27.1. The number of nitrogens with zero attached hydrogens (tertiary/aromatic N) is 2. The van der Waals surface area contributed by atoms with Gasteiger partial charge in [-0.15, -0.1) is 0 Å². The second-order valence-electron chi connectivity index (χ2n) is 4.71. The molecule has 2 heterocycles. The molecule has 0 amide bonds. The topological polar surface area (TPSA) is 42.2 Å². The van der Waals surface area contributed by atoms with E-state index in [0.717, 1.165) is 23.7 Å². The number of hydrogen-bond acceptors (Lipinski definition) is 3. The van der Waals surface area contributed by atoms with Crippen molar-refractivity contribution in [3.63, 3.8) is 0 Å². The molecule has 2 N–H and O–H groups in total. The van der Waals surface area contributed by atoms with Crippen LogP contribution in [0.4, 0.5) is 26.1 Å². The average molecular weight is 261 g/mol. The van der Waals surface area contributed by atoms with Crippen LogP contribution in [0.3, 0.4) is 0 Å². The van der Waals surface area contributed by atoms with Crippen molar-refractivity contribution in [1.29, 1.82) is 0 Å². The van der Waals surface area contributed by atoms with Gasteiger partial charge >= 0.3 is 0 Å². The number of aromatic nitrogens is 1. The van der Waals surface area contributed by atoms with E-state index < -0.39 is 11.6 Å². The van der Waals surface area contributed by atoms with E-state index in [9.17, 15) is 8.78 Å². The summed E-state index contributed by atoms with van der Waals surface area (Å²) >= 11 is 0. The van der Waals surface area contributed by atoms with E-state index in [-0.39, 0.29) is 17.7 Å². The zero-order valence-corrected chi connectivity index (χ0v) is 10.4. The Labute approximate surface area is 109 Å². The zero-order valence-electron chi connectivity index (χ0n) is 10.4. The Morgan fingerprint density at radius 3 is 2.79 bits per heavy atom. The van der Waals surface area contributed by atoms with Crippen molar-refractivity contribution in [3.8, 4) is 0 Å². The fourth-order valence-electron chi connectivity index (χ4n) is 2.53. The predicted octanol–water partition coefficient (Wildman–Crippen LogP) is 3.02. The van der Waals surface area contributed by atoms with Gasteiger partial charge in [-0.1, -0.05) is 18.2 Å². The first-order valence-electron chi connectivity index (χ1n) is 6.06. The molecule has 0 radical (unpaired) electrons. The number of pyridine rings is 1. The van der Waals surface area contributed by atoms with Crippen molar-refractivity contribution in [2.24, 2.45) is 0 Å². The van der Waals surface area contributed by atoms with Crippen molar-refractivity contribution in [2.75, 3.05) is 10.6 Å². The lowest BCUT2D eigenvalue weighted by Crippen LogP contribution is -2.26. The van der Waals surface area contributed by atoms with E-state index in [2.05, 4.69) is 4.98 Å². The van der Waals surface area contributed by atoms with E-state index in [1.54, 1.807) is 4.90 Å². The van der Waals surface area contributed by atoms with Crippen LogP contribution in [-0.2, 0) is 6.42 Å². The largest absolute Gasteiger partial charge is 0.381 e. The van der Waals surface area contributed by atoms with Gasteiger partial charge in [0.15, 0.2) is 23.3 Å². The SMILES string of the molecule is CC1Cc2ccccc2N1c1nc(N)c(F)cc1F. The molecule has 2 aromatic rings. The highest BCUT2D eigenvalue weighted by molar-refractivity contribution is 5.69. The minimum Gasteiger partial charge on any atom is -0.381 e. The molecular weight excluding hydrogens is 248 g/mol. The van der Waals surface area contributed by atoms with Gasteiger partial charge in [0.2, 0.25) is 0 Å². The van der Waals surface area contributed by atoms with Gasteiger partial charge < -0.3 is 10.6 Å². The Morgan fingerprint density at radius 1 is 1.26 bits per heavy atom. The third-order valence-corrected chi connectivity index (χ3v) is 3.37. The molecule has 1 aromatic carbocycles. The number of benzene rings is 1. The molecular formula is C14H13F2N3. The zero-order chi connectivity index (χ0) is 13.6. The van der Waals surface area contributed by atoms with Gasteiger partial charge in [-0.2, -0.15) is 0 Å². The number of para-hydroxylation sites is 1. The van der Waals surface area contributed by atoms with Crippen LogP contribution >= 0.6 is 0 Å². The molecule has 19 heavy (non-hydrogen) atoms. The van der Waals surface area contributed by atoms with Crippen LogP contribution < -0.4 is 10.6 Å². The standard InChI is InChI=1S/C14H13F2N3/c1-8-6-9-4-2-3-5-12(9)19(8)14-11(16)7-10(15)13(17)18-14/h2-5,7-8H,6H2,1H3,(H2,17,18). The molecule has 0 fully saturated rings. The maximum Gasteiger partial charge on any atom is 0.172 e. The fraction of sp³-hybridized carbons (Fsp3) is 0.214. The first kappa shape index (κ1) is 11.9. The molecule has 0 spiro atoms. The summed E-state index contributed by atoms with van der Waals surface area (Å²) in [6.45, 7) is 1.97. The molecule has 1 aliphatic rings. The summed E-state index contributed by atoms with van der Waals surface area (Å²) in [6, 6.07) is 8.57. The van der Waals surface area contributed by atoms with Gasteiger partial charge in [0.05, 0.1) is 0 Å². The van der Waals surface area contributed by atoms with Gasteiger partial charge in [0, 0.05) is 17.8 Å². The summed E-state index contributed by atoms with van der Waals surface area (Å²) in [4.78, 5) is 5.62. The molecule has 1 unspecified atom stereocenters. The molecule has 0 saturated heterocycles. The van der Waals surface area contributed by atoms with E-state index in [1.165, 1.54) is 0 Å². The second-order valence-corrected chi connectivity index (χ2v) is 4.71. The van der Waals surface area contributed by atoms with Crippen LogP contribution in [0.1, 0.15) is 12.5 Å². The Hall–Kier alpha value is -2.17. The molecule has 3 rings (SSSR count). The highest BCUT2D eigenvalue weighted by Gasteiger charge is 2.30. The smallest absolute Gasteiger partial charge is 0.172 e. The Balaban J connectivity index is 2.15. The lowest BCUT2D eigenvalue weighted by atomic mass is 10.1. The number of fused-ring (bicyclic) bond motifs is 1. The van der Waals surface area contributed by atoms with Crippen molar-refractivity contribution in [2.45, 2.75) is 19.4 Å². The van der Waals surface area contributed by atoms with E-state index in [1.807, 2.05) is 31.2 Å². The Bertz CT molecular complexity index is 643. The third-order valence-electron chi connectivity index (χ3n) is 3.37. The molecule has 1 aromatic heterocycles. The minimum absolute atomic E-state index is 0.0595. The molecule has 0 bridgehead atoms. The third kappa shape index (κ3) is 1.82. The molecule has 1 aliphatic heterocycles. The summed E-state index contributed by atoms with van der Waals surface area (Å²) in [5.74, 6) is -1.74. The van der Waals surface area contributed by atoms with Gasteiger partial charge in [-0.3, -0.25) is 0 Å². The Kier molecular flexibility index (Phi) is 2.62. The predicted molar refractivity (Wildman–Crippen MR) is 70.3 cm³/mol. The highest BCUT2D eigenvalue weighted by atomic mass is 19.1. The van der Waals surface area contributed by atoms with Crippen LogP contribution in [0.5, 0.6) is 0 Å². The van der Waals surface area contributed by atoms with Crippen molar-refractivity contribution < 1.29 is 8.78 Å². The normalized spacial score (nSPS) is 17.6. The molecule has 1 atom stereocenters. The van der Waals surface area contributed by atoms with E-state index in [0.29, 0.717) is 0 Å². The van der Waals surface area contributed by atoms with Gasteiger partial charge in [0.25, 0.3) is 0 Å². The number of rotatable bonds is 1. The molecule has 5 heteroatoms. The summed E-state index contributed by atoms with van der Waals surface area (Å²) in [6.07, 6.45) is 0.800. The number of halogens is 2. The highest BCUT2D eigenvalue weighted by Crippen LogP contribution is 2.38. The van der Waals surface area contributed by atoms with Crippen molar-refractivity contribution in [3.05, 3.63) is 47.5 Å². The average Bonchev–Trinajstić information content (AvgIpc) is 2.70. The first-order valence-corrected chi connectivity index (χ1v) is 6.06.